The van der Waals surface area contributed by atoms with Crippen LogP contribution in [0.2, 0.25) is 0 Å². The van der Waals surface area contributed by atoms with Crippen molar-refractivity contribution in [2.75, 3.05) is 5.43 Å². The van der Waals surface area contributed by atoms with Gasteiger partial charge in [-0.1, -0.05) is 36.4 Å². The second-order valence-corrected chi connectivity index (χ2v) is 4.64. The third-order valence-electron chi connectivity index (χ3n) is 2.61. The summed E-state index contributed by atoms with van der Waals surface area (Å²) in [6.45, 7) is 5.87. The number of nitrogens with zero attached hydrogens (tertiary/aromatic N) is 3. The summed E-state index contributed by atoms with van der Waals surface area (Å²) in [5.41, 5.74) is 6.90. The van der Waals surface area contributed by atoms with E-state index in [2.05, 4.69) is 38.7 Å². The molecular weight excluding hydrogens is 248 g/mol. The predicted molar refractivity (Wildman–Crippen MR) is 83.7 cm³/mol. The van der Waals surface area contributed by atoms with Gasteiger partial charge >= 0.3 is 0 Å². The number of aromatic nitrogens is 2. The average Bonchev–Trinajstić information content (AvgIpc) is 2.38. The highest BCUT2D eigenvalue weighted by Crippen LogP contribution is 2.05. The third kappa shape index (κ3) is 4.31. The van der Waals surface area contributed by atoms with E-state index in [1.807, 2.05) is 45.0 Å². The van der Waals surface area contributed by atoms with Crippen LogP contribution in [0, 0.1) is 13.8 Å². The van der Waals surface area contributed by atoms with Gasteiger partial charge in [0.25, 0.3) is 0 Å². The fourth-order valence-corrected chi connectivity index (χ4v) is 1.82. The van der Waals surface area contributed by atoms with Gasteiger partial charge in [-0.3, -0.25) is 0 Å². The van der Waals surface area contributed by atoms with Gasteiger partial charge in [0.15, 0.2) is 0 Å². The third-order valence-corrected chi connectivity index (χ3v) is 2.61. The van der Waals surface area contributed by atoms with Crippen LogP contribution in [0.3, 0.4) is 0 Å². The molecule has 2 aromatic rings. The molecule has 20 heavy (non-hydrogen) atoms. The first-order valence-electron chi connectivity index (χ1n) is 6.48. The van der Waals surface area contributed by atoms with Gasteiger partial charge in [0.05, 0.1) is 6.21 Å². The van der Waals surface area contributed by atoms with Gasteiger partial charge in [0.2, 0.25) is 5.95 Å². The maximum atomic E-state index is 4.26. The number of hydrogen-bond donors (Lipinski definition) is 1. The van der Waals surface area contributed by atoms with Crippen molar-refractivity contribution >= 4 is 18.2 Å². The normalized spacial score (nSPS) is 11.8. The van der Waals surface area contributed by atoms with E-state index in [-0.39, 0.29) is 0 Å². The molecule has 0 saturated heterocycles. The van der Waals surface area contributed by atoms with E-state index in [1.165, 1.54) is 0 Å². The lowest BCUT2D eigenvalue weighted by Crippen LogP contribution is -1.99. The molecule has 0 radical (unpaired) electrons. The van der Waals surface area contributed by atoms with Crippen molar-refractivity contribution in [2.45, 2.75) is 20.8 Å². The fourth-order valence-electron chi connectivity index (χ4n) is 1.82. The van der Waals surface area contributed by atoms with Crippen LogP contribution < -0.4 is 5.43 Å². The van der Waals surface area contributed by atoms with Gasteiger partial charge in [0, 0.05) is 11.4 Å². The molecular formula is C16H18N4. The molecule has 1 heterocycles. The van der Waals surface area contributed by atoms with Crippen molar-refractivity contribution in [3.05, 3.63) is 58.9 Å². The number of hydrazone groups is 1. The largest absolute Gasteiger partial charge is 0.245 e. The highest BCUT2D eigenvalue weighted by atomic mass is 15.3. The molecule has 1 aromatic heterocycles. The molecule has 4 nitrogen and oxygen atoms in total. The van der Waals surface area contributed by atoms with E-state index in [0.29, 0.717) is 5.95 Å². The van der Waals surface area contributed by atoms with Crippen LogP contribution >= 0.6 is 0 Å². The lowest BCUT2D eigenvalue weighted by Gasteiger charge is -2.01. The van der Waals surface area contributed by atoms with Crippen molar-refractivity contribution < 1.29 is 0 Å². The summed E-state index contributed by atoms with van der Waals surface area (Å²) in [5, 5.41) is 4.15. The first-order valence-corrected chi connectivity index (χ1v) is 6.48. The molecule has 0 amide bonds. The number of benzene rings is 1. The summed E-state index contributed by atoms with van der Waals surface area (Å²) in [6.07, 6.45) is 3.82. The molecule has 0 saturated carbocycles. The number of rotatable bonds is 4. The highest BCUT2D eigenvalue weighted by Gasteiger charge is 1.96. The van der Waals surface area contributed by atoms with Crippen LogP contribution in [0.15, 0.2) is 47.1 Å². The Labute approximate surface area is 119 Å². The first-order chi connectivity index (χ1) is 9.63. The summed E-state index contributed by atoms with van der Waals surface area (Å²) < 4.78 is 0. The molecule has 0 spiro atoms. The van der Waals surface area contributed by atoms with Crippen LogP contribution in [-0.4, -0.2) is 16.2 Å². The van der Waals surface area contributed by atoms with Gasteiger partial charge in [-0.15, -0.1) is 0 Å². The van der Waals surface area contributed by atoms with E-state index in [1.54, 1.807) is 6.21 Å². The van der Waals surface area contributed by atoms with E-state index in [4.69, 9.17) is 0 Å². The lowest BCUT2D eigenvalue weighted by atomic mass is 10.1. The second kappa shape index (κ2) is 6.61. The van der Waals surface area contributed by atoms with Crippen molar-refractivity contribution in [3.8, 4) is 0 Å². The standard InChI is InChI=1S/C16H18N4/c1-12(9-15-7-5-4-6-8-15)11-17-20-16-18-13(2)10-14(3)19-16/h4-11H,1-3H3,(H,18,19,20)/b12-9+,17-11+. The molecule has 102 valence electrons. The van der Waals surface area contributed by atoms with Crippen molar-refractivity contribution in [1.82, 2.24) is 9.97 Å². The van der Waals surface area contributed by atoms with Gasteiger partial charge in [0.1, 0.15) is 0 Å². The van der Waals surface area contributed by atoms with Crippen molar-refractivity contribution in [2.24, 2.45) is 5.10 Å². The second-order valence-electron chi connectivity index (χ2n) is 4.64. The molecule has 0 aliphatic carbocycles. The van der Waals surface area contributed by atoms with Crippen molar-refractivity contribution in [1.29, 1.82) is 0 Å². The topological polar surface area (TPSA) is 50.2 Å². The number of nitrogens with one attached hydrogen (secondary N) is 1. The predicted octanol–water partition coefficient (Wildman–Crippen LogP) is 3.59. The zero-order valence-corrected chi connectivity index (χ0v) is 12.0. The monoisotopic (exact) mass is 266 g/mol. The molecule has 0 fully saturated rings. The summed E-state index contributed by atoms with van der Waals surface area (Å²) >= 11 is 0. The van der Waals surface area contributed by atoms with Gasteiger partial charge in [-0.2, -0.15) is 5.10 Å². The van der Waals surface area contributed by atoms with E-state index < -0.39 is 0 Å². The zero-order chi connectivity index (χ0) is 14.4. The Kier molecular flexibility index (Phi) is 4.60. The molecule has 1 N–H and O–H groups in total. The molecule has 0 unspecified atom stereocenters. The van der Waals surface area contributed by atoms with Crippen LogP contribution in [0.4, 0.5) is 5.95 Å². The molecule has 4 heteroatoms. The number of anilines is 1. The lowest BCUT2D eigenvalue weighted by molar-refractivity contribution is 1.04. The molecule has 0 aliphatic rings. The summed E-state index contributed by atoms with van der Waals surface area (Å²) in [5.74, 6) is 0.520. The SMILES string of the molecule is CC(/C=N/Nc1nc(C)cc(C)n1)=C\c1ccccc1. The molecule has 1 aromatic carbocycles. The Bertz CT molecular complexity index is 610. The smallest absolute Gasteiger partial charge is 0.243 e. The molecule has 2 rings (SSSR count). The minimum Gasteiger partial charge on any atom is -0.245 e. The summed E-state index contributed by atoms with van der Waals surface area (Å²) in [7, 11) is 0. The quantitative estimate of drug-likeness (QED) is 0.679. The Morgan fingerprint density at radius 3 is 2.40 bits per heavy atom. The minimum atomic E-state index is 0.520. The highest BCUT2D eigenvalue weighted by molar-refractivity contribution is 5.85. The number of allylic oxidation sites excluding steroid dienone is 1. The number of aryl methyl sites for hydroxylation is 2. The Morgan fingerprint density at radius 2 is 1.75 bits per heavy atom. The van der Waals surface area contributed by atoms with E-state index in [9.17, 15) is 0 Å². The van der Waals surface area contributed by atoms with Gasteiger partial charge in [-0.05, 0) is 38.0 Å². The maximum absolute atomic E-state index is 4.26. The van der Waals surface area contributed by atoms with Crippen molar-refractivity contribution in [3.63, 3.8) is 0 Å². The average molecular weight is 266 g/mol. The zero-order valence-electron chi connectivity index (χ0n) is 12.0. The Morgan fingerprint density at radius 1 is 1.10 bits per heavy atom. The molecule has 0 aliphatic heterocycles. The van der Waals surface area contributed by atoms with E-state index >= 15 is 0 Å². The van der Waals surface area contributed by atoms with Crippen LogP contribution in [0.25, 0.3) is 6.08 Å². The van der Waals surface area contributed by atoms with Gasteiger partial charge in [-0.25, -0.2) is 15.4 Å². The maximum Gasteiger partial charge on any atom is 0.243 e. The van der Waals surface area contributed by atoms with Crippen LogP contribution in [0.1, 0.15) is 23.9 Å². The van der Waals surface area contributed by atoms with Crippen LogP contribution in [-0.2, 0) is 0 Å². The van der Waals surface area contributed by atoms with Crippen LogP contribution in [0.5, 0.6) is 0 Å². The van der Waals surface area contributed by atoms with E-state index in [0.717, 1.165) is 22.5 Å². The Balaban J connectivity index is 2.01. The first kappa shape index (κ1) is 13.9. The molecule has 0 atom stereocenters. The molecule has 0 bridgehead atoms. The minimum absolute atomic E-state index is 0.520. The summed E-state index contributed by atoms with van der Waals surface area (Å²) in [4.78, 5) is 8.52. The fraction of sp³-hybridized carbons (Fsp3) is 0.188. The number of hydrogen-bond acceptors (Lipinski definition) is 4. The Hall–Kier alpha value is -2.49. The van der Waals surface area contributed by atoms with Gasteiger partial charge < -0.3 is 0 Å². The summed E-state index contributed by atoms with van der Waals surface area (Å²) in [6, 6.07) is 12.1.